The van der Waals surface area contributed by atoms with E-state index in [4.69, 9.17) is 16.0 Å². The number of furan rings is 1. The summed E-state index contributed by atoms with van der Waals surface area (Å²) in [5, 5.41) is 17.0. The van der Waals surface area contributed by atoms with Gasteiger partial charge in [-0.25, -0.2) is 0 Å². The molecule has 0 fully saturated rings. The fourth-order valence-corrected chi connectivity index (χ4v) is 5.77. The van der Waals surface area contributed by atoms with Gasteiger partial charge in [0.2, 0.25) is 0 Å². The molecule has 7 heteroatoms. The van der Waals surface area contributed by atoms with Gasteiger partial charge < -0.3 is 9.73 Å². The van der Waals surface area contributed by atoms with E-state index in [9.17, 15) is 14.9 Å². The number of ketones is 1. The number of fused-ring (bicyclic) bond motifs is 4. The fraction of sp³-hybridized carbons (Fsp3) is 0.207. The Morgan fingerprint density at radius 3 is 2.64 bits per heavy atom. The van der Waals surface area contributed by atoms with Crippen LogP contribution in [0.4, 0.5) is 11.4 Å². The molecule has 2 heterocycles. The lowest BCUT2D eigenvalue weighted by atomic mass is 9.68. The quantitative estimate of drug-likeness (QED) is 0.228. The molecule has 1 aliphatic carbocycles. The molecule has 1 unspecified atom stereocenters. The highest BCUT2D eigenvalue weighted by Crippen LogP contribution is 2.52. The van der Waals surface area contributed by atoms with Crippen LogP contribution in [0.5, 0.6) is 0 Å². The molecule has 180 valence electrons. The monoisotopic (exact) mass is 498 g/mol. The van der Waals surface area contributed by atoms with E-state index in [-0.39, 0.29) is 21.9 Å². The van der Waals surface area contributed by atoms with Crippen LogP contribution < -0.4 is 5.32 Å². The first-order valence-electron chi connectivity index (χ1n) is 11.8. The predicted octanol–water partition coefficient (Wildman–Crippen LogP) is 7.97. The van der Waals surface area contributed by atoms with Gasteiger partial charge in [0.15, 0.2) is 5.78 Å². The molecule has 36 heavy (non-hydrogen) atoms. The zero-order valence-electron chi connectivity index (χ0n) is 19.8. The maximum Gasteiger partial charge on any atom is 0.287 e. The van der Waals surface area contributed by atoms with Crippen molar-refractivity contribution in [2.75, 3.05) is 5.32 Å². The Morgan fingerprint density at radius 1 is 1.06 bits per heavy atom. The molecule has 1 atom stereocenters. The summed E-state index contributed by atoms with van der Waals surface area (Å²) >= 11 is 6.12. The first-order valence-corrected chi connectivity index (χ1v) is 12.2. The third kappa shape index (κ3) is 3.60. The van der Waals surface area contributed by atoms with Crippen LogP contribution in [-0.2, 0) is 4.79 Å². The minimum absolute atomic E-state index is 0.0433. The van der Waals surface area contributed by atoms with Gasteiger partial charge in [-0.2, -0.15) is 0 Å². The van der Waals surface area contributed by atoms with Gasteiger partial charge in [-0.1, -0.05) is 55.8 Å². The van der Waals surface area contributed by atoms with Crippen molar-refractivity contribution in [3.63, 3.8) is 0 Å². The third-order valence-corrected chi connectivity index (χ3v) is 7.38. The number of nitro groups is 1. The van der Waals surface area contributed by atoms with Gasteiger partial charge in [0, 0.05) is 34.9 Å². The normalized spacial score (nSPS) is 18.5. The van der Waals surface area contributed by atoms with Crippen molar-refractivity contribution in [1.82, 2.24) is 0 Å². The number of carbonyl (C=O) groups excluding carboxylic acids is 1. The third-order valence-electron chi connectivity index (χ3n) is 7.08. The molecular weight excluding hydrogens is 476 g/mol. The van der Waals surface area contributed by atoms with Gasteiger partial charge in [0.05, 0.1) is 4.92 Å². The Bertz CT molecular complexity index is 1610. The number of benzene rings is 3. The largest absolute Gasteiger partial charge is 0.459 e. The van der Waals surface area contributed by atoms with Crippen molar-refractivity contribution in [3.05, 3.63) is 98.8 Å². The molecule has 4 aromatic rings. The number of hydrogen-bond donors (Lipinski definition) is 1. The van der Waals surface area contributed by atoms with E-state index in [2.05, 4.69) is 43.4 Å². The molecule has 6 nitrogen and oxygen atoms in total. The number of nitrogens with zero attached hydrogens (tertiary/aromatic N) is 1. The zero-order valence-corrected chi connectivity index (χ0v) is 20.6. The van der Waals surface area contributed by atoms with Crippen LogP contribution in [0.1, 0.15) is 44.1 Å². The summed E-state index contributed by atoms with van der Waals surface area (Å²) in [7, 11) is 0. The maximum absolute atomic E-state index is 13.6. The minimum atomic E-state index is -0.517. The van der Waals surface area contributed by atoms with Gasteiger partial charge in [0.25, 0.3) is 5.69 Å². The average Bonchev–Trinajstić information content (AvgIpc) is 3.32. The van der Waals surface area contributed by atoms with Crippen molar-refractivity contribution < 1.29 is 14.1 Å². The molecule has 0 saturated heterocycles. The molecule has 2 aliphatic rings. The molecule has 0 bridgehead atoms. The van der Waals surface area contributed by atoms with Crippen molar-refractivity contribution in [1.29, 1.82) is 0 Å². The maximum atomic E-state index is 13.6. The van der Waals surface area contributed by atoms with Crippen molar-refractivity contribution in [2.45, 2.75) is 32.7 Å². The summed E-state index contributed by atoms with van der Waals surface area (Å²) < 4.78 is 6.24. The minimum Gasteiger partial charge on any atom is -0.459 e. The number of nitro benzene ring substituents is 1. The van der Waals surface area contributed by atoms with Gasteiger partial charge >= 0.3 is 0 Å². The molecule has 1 aromatic heterocycles. The number of Topliss-reactive ketones (excluding diaryl/α,β-unsaturated/α-hetero) is 1. The summed E-state index contributed by atoms with van der Waals surface area (Å²) in [6.45, 7) is 4.28. The fourth-order valence-electron chi connectivity index (χ4n) is 5.52. The summed E-state index contributed by atoms with van der Waals surface area (Å²) in [4.78, 5) is 24.2. The topological polar surface area (TPSA) is 85.4 Å². The highest BCUT2D eigenvalue weighted by molar-refractivity contribution is 6.32. The lowest BCUT2D eigenvalue weighted by Gasteiger charge is -2.39. The van der Waals surface area contributed by atoms with E-state index in [1.807, 2.05) is 24.3 Å². The Kier molecular flexibility index (Phi) is 5.05. The summed E-state index contributed by atoms with van der Waals surface area (Å²) in [6.07, 6.45) is 1.26. The van der Waals surface area contributed by atoms with Crippen molar-refractivity contribution >= 4 is 45.1 Å². The Balaban J connectivity index is 1.48. The number of allylic oxidation sites excluding steroid dienone is 1. The molecule has 0 spiro atoms. The molecule has 0 radical (unpaired) electrons. The highest BCUT2D eigenvalue weighted by Gasteiger charge is 2.41. The van der Waals surface area contributed by atoms with Crippen LogP contribution in [-0.4, -0.2) is 10.7 Å². The molecule has 6 rings (SSSR count). The Hall–Kier alpha value is -3.90. The Labute approximate surface area is 212 Å². The van der Waals surface area contributed by atoms with Gasteiger partial charge in [-0.15, -0.1) is 0 Å². The molecular formula is C29H23ClN2O4. The molecule has 0 amide bonds. The number of carbonyl (C=O) groups is 1. The predicted molar refractivity (Wildman–Crippen MR) is 141 cm³/mol. The number of halogens is 1. The number of nitrogens with one attached hydrogen (secondary N) is 1. The van der Waals surface area contributed by atoms with Crippen LogP contribution in [0.25, 0.3) is 27.7 Å². The first kappa shape index (κ1) is 22.6. The van der Waals surface area contributed by atoms with Gasteiger partial charge in [0.1, 0.15) is 22.6 Å². The molecule has 3 aromatic carbocycles. The lowest BCUT2D eigenvalue weighted by molar-refractivity contribution is -0.384. The van der Waals surface area contributed by atoms with Crippen LogP contribution >= 0.6 is 11.6 Å². The lowest BCUT2D eigenvalue weighted by Crippen LogP contribution is -2.33. The van der Waals surface area contributed by atoms with E-state index in [0.717, 1.165) is 39.6 Å². The second-order valence-corrected chi connectivity index (χ2v) is 10.7. The number of anilines is 1. The SMILES string of the molecule is CC1(C)CC(=O)C2=C(C1)c1c(ccc3ccccc13)NC2c1ccc(-c2ccc([N+](=O)[O-])c(Cl)c2)o1. The van der Waals surface area contributed by atoms with Gasteiger partial charge in [-0.05, 0) is 58.5 Å². The van der Waals surface area contributed by atoms with Crippen LogP contribution in [0.3, 0.4) is 0 Å². The summed E-state index contributed by atoms with van der Waals surface area (Å²) in [5.74, 6) is 1.26. The second kappa shape index (κ2) is 8.07. The van der Waals surface area contributed by atoms with E-state index in [1.165, 1.54) is 12.1 Å². The van der Waals surface area contributed by atoms with Crippen molar-refractivity contribution in [2.24, 2.45) is 5.41 Å². The Morgan fingerprint density at radius 2 is 1.86 bits per heavy atom. The first-order chi connectivity index (χ1) is 17.2. The van der Waals surface area contributed by atoms with Crippen LogP contribution in [0.15, 0.2) is 76.7 Å². The average molecular weight is 499 g/mol. The standard InChI is InChI=1S/C29H23ClN2O4/c1-29(2)14-19-26-18-6-4-3-5-16(18)7-9-21(26)31-28(27(19)23(33)15-29)25-12-11-24(36-25)17-8-10-22(32(34)35)20(30)13-17/h3-13,28,31H,14-15H2,1-2H3. The van der Waals surface area contributed by atoms with Crippen LogP contribution in [0.2, 0.25) is 5.02 Å². The smallest absolute Gasteiger partial charge is 0.287 e. The summed E-state index contributed by atoms with van der Waals surface area (Å²) in [6, 6.07) is 20.1. The zero-order chi connectivity index (χ0) is 25.2. The summed E-state index contributed by atoms with van der Waals surface area (Å²) in [5.41, 5.74) is 4.22. The molecule has 1 N–H and O–H groups in total. The van der Waals surface area contributed by atoms with E-state index < -0.39 is 11.0 Å². The number of hydrogen-bond acceptors (Lipinski definition) is 5. The van der Waals surface area contributed by atoms with E-state index in [0.29, 0.717) is 23.5 Å². The second-order valence-electron chi connectivity index (χ2n) is 10.2. The van der Waals surface area contributed by atoms with E-state index >= 15 is 0 Å². The van der Waals surface area contributed by atoms with Crippen LogP contribution in [0, 0.1) is 15.5 Å². The van der Waals surface area contributed by atoms with Gasteiger partial charge in [-0.3, -0.25) is 14.9 Å². The van der Waals surface area contributed by atoms with Crippen molar-refractivity contribution in [3.8, 4) is 11.3 Å². The molecule has 0 saturated carbocycles. The number of rotatable bonds is 3. The highest BCUT2D eigenvalue weighted by atomic mass is 35.5. The van der Waals surface area contributed by atoms with E-state index in [1.54, 1.807) is 6.07 Å². The molecule has 1 aliphatic heterocycles.